The fraction of sp³-hybridized carbons (Fsp3) is 0.100. The molecule has 9 nitrogen and oxygen atoms in total. The van der Waals surface area contributed by atoms with E-state index < -0.39 is 5.91 Å². The summed E-state index contributed by atoms with van der Waals surface area (Å²) in [6.45, 7) is 2.46. The lowest BCUT2D eigenvalue weighted by Gasteiger charge is -2.09. The molecular weight excluding hydrogens is 372 g/mol. The van der Waals surface area contributed by atoms with E-state index >= 15 is 0 Å². The molecule has 0 aliphatic carbocycles. The van der Waals surface area contributed by atoms with Crippen molar-refractivity contribution in [1.82, 2.24) is 19.5 Å². The third kappa shape index (κ3) is 3.34. The average molecular weight is 390 g/mol. The van der Waals surface area contributed by atoms with Gasteiger partial charge in [0.05, 0.1) is 12.3 Å². The minimum Gasteiger partial charge on any atom is -0.494 e. The van der Waals surface area contributed by atoms with Crippen molar-refractivity contribution >= 4 is 23.0 Å². The summed E-state index contributed by atoms with van der Waals surface area (Å²) >= 11 is 0. The number of benzene rings is 2. The summed E-state index contributed by atoms with van der Waals surface area (Å²) in [5.74, 6) is 0.364. The highest BCUT2D eigenvalue weighted by atomic mass is 16.5. The van der Waals surface area contributed by atoms with Gasteiger partial charge in [0, 0.05) is 5.56 Å². The average Bonchev–Trinajstić information content (AvgIpc) is 3.13. The SMILES string of the molecule is CCOc1ccc(-c2nc(C(N)=O)c3nc(NO)n(-c4ccccc4)c3n2)cc1. The molecule has 2 aromatic carbocycles. The molecule has 0 bridgehead atoms. The second-order valence-electron chi connectivity index (χ2n) is 6.11. The van der Waals surface area contributed by atoms with Crippen LogP contribution >= 0.6 is 0 Å². The second-order valence-corrected chi connectivity index (χ2v) is 6.11. The van der Waals surface area contributed by atoms with E-state index in [2.05, 4.69) is 15.0 Å². The lowest BCUT2D eigenvalue weighted by atomic mass is 10.2. The molecule has 0 unspecified atom stereocenters. The number of hydrogen-bond acceptors (Lipinski definition) is 7. The van der Waals surface area contributed by atoms with Crippen molar-refractivity contribution in [2.24, 2.45) is 5.73 Å². The van der Waals surface area contributed by atoms with Crippen LogP contribution in [0, 0.1) is 0 Å². The maximum absolute atomic E-state index is 12.1. The number of nitrogens with one attached hydrogen (secondary N) is 1. The largest absolute Gasteiger partial charge is 0.494 e. The van der Waals surface area contributed by atoms with Gasteiger partial charge < -0.3 is 10.5 Å². The molecule has 4 N–H and O–H groups in total. The first-order chi connectivity index (χ1) is 14.1. The van der Waals surface area contributed by atoms with Crippen molar-refractivity contribution in [3.63, 3.8) is 0 Å². The zero-order valence-electron chi connectivity index (χ0n) is 15.5. The van der Waals surface area contributed by atoms with Crippen molar-refractivity contribution in [1.29, 1.82) is 0 Å². The zero-order valence-corrected chi connectivity index (χ0v) is 15.5. The Bertz CT molecular complexity index is 1170. The molecule has 1 amide bonds. The fourth-order valence-electron chi connectivity index (χ4n) is 3.02. The van der Waals surface area contributed by atoms with Gasteiger partial charge in [-0.15, -0.1) is 0 Å². The van der Waals surface area contributed by atoms with E-state index in [1.807, 2.05) is 42.7 Å². The summed E-state index contributed by atoms with van der Waals surface area (Å²) in [7, 11) is 0. The van der Waals surface area contributed by atoms with Gasteiger partial charge in [-0.1, -0.05) is 18.2 Å². The van der Waals surface area contributed by atoms with Crippen LogP contribution in [0.2, 0.25) is 0 Å². The lowest BCUT2D eigenvalue weighted by molar-refractivity contribution is 0.0997. The van der Waals surface area contributed by atoms with E-state index in [9.17, 15) is 10.0 Å². The third-order valence-electron chi connectivity index (χ3n) is 4.28. The Morgan fingerprint density at radius 2 is 1.83 bits per heavy atom. The number of fused-ring (bicyclic) bond motifs is 1. The monoisotopic (exact) mass is 390 g/mol. The lowest BCUT2D eigenvalue weighted by Crippen LogP contribution is -2.15. The van der Waals surface area contributed by atoms with Crippen LogP contribution in [0.4, 0.5) is 5.95 Å². The zero-order chi connectivity index (χ0) is 20.4. The van der Waals surface area contributed by atoms with Crippen molar-refractivity contribution in [2.75, 3.05) is 12.1 Å². The molecule has 0 radical (unpaired) electrons. The van der Waals surface area contributed by atoms with Crippen LogP contribution in [0.5, 0.6) is 5.75 Å². The number of para-hydroxylation sites is 1. The summed E-state index contributed by atoms with van der Waals surface area (Å²) < 4.78 is 7.04. The normalized spacial score (nSPS) is 10.8. The maximum Gasteiger partial charge on any atom is 0.269 e. The first-order valence-corrected chi connectivity index (χ1v) is 8.91. The first-order valence-electron chi connectivity index (χ1n) is 8.91. The van der Waals surface area contributed by atoms with Crippen LogP contribution in [0.1, 0.15) is 17.4 Å². The Balaban J connectivity index is 1.96. The number of carbonyl (C=O) groups excluding carboxylic acids is 1. The smallest absolute Gasteiger partial charge is 0.269 e. The Kier molecular flexibility index (Phi) is 4.80. The Morgan fingerprint density at radius 1 is 1.10 bits per heavy atom. The third-order valence-corrected chi connectivity index (χ3v) is 4.28. The van der Waals surface area contributed by atoms with Crippen LogP contribution in [-0.4, -0.2) is 37.2 Å². The van der Waals surface area contributed by atoms with Crippen molar-refractivity contribution in [3.05, 3.63) is 60.3 Å². The van der Waals surface area contributed by atoms with Gasteiger partial charge >= 0.3 is 0 Å². The van der Waals surface area contributed by atoms with Crippen molar-refractivity contribution in [3.8, 4) is 22.8 Å². The van der Waals surface area contributed by atoms with Gasteiger partial charge in [0.15, 0.2) is 17.2 Å². The van der Waals surface area contributed by atoms with Crippen molar-refractivity contribution < 1.29 is 14.7 Å². The van der Waals surface area contributed by atoms with E-state index in [4.69, 9.17) is 10.5 Å². The minimum absolute atomic E-state index is 0.0370. The molecule has 2 aromatic heterocycles. The number of primary amides is 1. The predicted molar refractivity (Wildman–Crippen MR) is 107 cm³/mol. The molecule has 0 aliphatic rings. The van der Waals surface area contributed by atoms with E-state index in [1.165, 1.54) is 0 Å². The number of nitrogens with two attached hydrogens (primary N) is 1. The predicted octanol–water partition coefficient (Wildman–Crippen LogP) is 2.78. The maximum atomic E-state index is 12.1. The number of imidazole rings is 1. The highest BCUT2D eigenvalue weighted by Crippen LogP contribution is 2.28. The number of rotatable bonds is 6. The molecule has 0 saturated heterocycles. The number of amides is 1. The molecule has 0 atom stereocenters. The Labute approximate surface area is 165 Å². The minimum atomic E-state index is -0.744. The van der Waals surface area contributed by atoms with Gasteiger partial charge in [0.25, 0.3) is 5.91 Å². The highest BCUT2D eigenvalue weighted by Gasteiger charge is 2.22. The summed E-state index contributed by atoms with van der Waals surface area (Å²) in [6.07, 6.45) is 0. The van der Waals surface area contributed by atoms with Gasteiger partial charge in [-0.05, 0) is 43.3 Å². The number of nitrogens with zero attached hydrogens (tertiary/aromatic N) is 4. The van der Waals surface area contributed by atoms with E-state index in [0.717, 1.165) is 0 Å². The standard InChI is InChI=1S/C20H18N6O3/c1-2-29-14-10-8-12(9-11-14)18-22-15(17(21)27)16-19(24-18)26(20(23-16)25-28)13-6-4-3-5-7-13/h3-11,28H,2H2,1H3,(H2,21,27)(H,23,25). The molecule has 0 fully saturated rings. The van der Waals surface area contributed by atoms with Gasteiger partial charge in [0.2, 0.25) is 5.95 Å². The highest BCUT2D eigenvalue weighted by molar-refractivity contribution is 6.02. The molecule has 0 saturated carbocycles. The summed E-state index contributed by atoms with van der Waals surface area (Å²) in [5.41, 5.74) is 9.45. The summed E-state index contributed by atoms with van der Waals surface area (Å²) in [6, 6.07) is 16.4. The Morgan fingerprint density at radius 3 is 2.45 bits per heavy atom. The van der Waals surface area contributed by atoms with Crippen LogP contribution < -0.4 is 16.0 Å². The number of hydrogen-bond donors (Lipinski definition) is 3. The van der Waals surface area contributed by atoms with Crippen LogP contribution in [0.25, 0.3) is 28.2 Å². The molecule has 29 heavy (non-hydrogen) atoms. The Hall–Kier alpha value is -3.98. The number of anilines is 1. The topological polar surface area (TPSA) is 128 Å². The summed E-state index contributed by atoms with van der Waals surface area (Å²) in [4.78, 5) is 25.2. The van der Waals surface area contributed by atoms with Gasteiger partial charge in [0.1, 0.15) is 11.3 Å². The van der Waals surface area contributed by atoms with Crippen LogP contribution in [0.3, 0.4) is 0 Å². The number of aromatic nitrogens is 4. The van der Waals surface area contributed by atoms with Gasteiger partial charge in [-0.3, -0.25) is 14.6 Å². The molecule has 2 heterocycles. The number of carbonyl (C=O) groups is 1. The first kappa shape index (κ1) is 18.4. The molecule has 4 aromatic rings. The van der Waals surface area contributed by atoms with E-state index in [1.54, 1.807) is 28.8 Å². The second kappa shape index (κ2) is 7.56. The van der Waals surface area contributed by atoms with Crippen LogP contribution in [0.15, 0.2) is 54.6 Å². The molecule has 4 rings (SSSR count). The quantitative estimate of drug-likeness (QED) is 0.432. The molecular formula is C20H18N6O3. The molecule has 146 valence electrons. The summed E-state index contributed by atoms with van der Waals surface area (Å²) in [5, 5.41) is 9.57. The van der Waals surface area contributed by atoms with Crippen molar-refractivity contribution in [2.45, 2.75) is 6.92 Å². The molecule has 9 heteroatoms. The van der Waals surface area contributed by atoms with Crippen LogP contribution in [-0.2, 0) is 0 Å². The number of ether oxygens (including phenoxy) is 1. The molecule has 0 aliphatic heterocycles. The van der Waals surface area contributed by atoms with Gasteiger partial charge in [-0.25, -0.2) is 20.4 Å². The van der Waals surface area contributed by atoms with Gasteiger partial charge in [-0.2, -0.15) is 0 Å². The fourth-order valence-corrected chi connectivity index (χ4v) is 3.02. The van der Waals surface area contributed by atoms with E-state index in [0.29, 0.717) is 35.1 Å². The molecule has 0 spiro atoms. The van der Waals surface area contributed by atoms with E-state index in [-0.39, 0.29) is 17.2 Å².